The van der Waals surface area contributed by atoms with Gasteiger partial charge in [0.2, 0.25) is 5.91 Å². The maximum Gasteiger partial charge on any atom is 0.263 e. The first-order valence-electron chi connectivity index (χ1n) is 13.0. The molecule has 4 heterocycles. The van der Waals surface area contributed by atoms with Crippen LogP contribution in [-0.4, -0.2) is 88.1 Å². The Hall–Kier alpha value is -3.22. The lowest BCUT2D eigenvalue weighted by atomic mass is 9.86. The third-order valence-electron chi connectivity index (χ3n) is 7.50. The molecule has 3 aromatic rings. The van der Waals surface area contributed by atoms with E-state index in [4.69, 9.17) is 0 Å². The van der Waals surface area contributed by atoms with Gasteiger partial charge >= 0.3 is 0 Å². The van der Waals surface area contributed by atoms with Crippen molar-refractivity contribution in [3.8, 4) is 0 Å². The Kier molecular flexibility index (Phi) is 8.06. The molecule has 10 nitrogen and oxygen atoms in total. The Morgan fingerprint density at radius 1 is 1.08 bits per heavy atom. The zero-order valence-electron chi connectivity index (χ0n) is 22.1. The summed E-state index contributed by atoms with van der Waals surface area (Å²) < 4.78 is 1.49. The Bertz CT molecular complexity index is 1450. The van der Waals surface area contributed by atoms with Crippen LogP contribution in [0.15, 0.2) is 45.7 Å². The van der Waals surface area contributed by atoms with Crippen LogP contribution in [0.4, 0.5) is 0 Å². The first kappa shape index (κ1) is 27.4. The number of nitrogens with zero attached hydrogens (tertiary/aromatic N) is 4. The minimum Gasteiger partial charge on any atom is -0.339 e. The monoisotopic (exact) mass is 568 g/mol. The minimum absolute atomic E-state index is 0.00597. The van der Waals surface area contributed by atoms with Crippen molar-refractivity contribution in [2.45, 2.75) is 30.0 Å². The number of carbonyl (C=O) groups is 3. The van der Waals surface area contributed by atoms with Crippen molar-refractivity contribution in [1.82, 2.24) is 30.0 Å². The van der Waals surface area contributed by atoms with Gasteiger partial charge in [-0.3, -0.25) is 23.7 Å². The molecule has 5 rings (SSSR count). The summed E-state index contributed by atoms with van der Waals surface area (Å²) >= 11 is 2.78. The standard InChI is InChI=1S/C27H32N6O4S2/c1-31-23(35)19-7-6-18(17-20(19)29-26(31)38-2)22(34)30-27(8-10-28-11-9-27)25(37)33-13-4-12-32(14-15-33)24(36)21-5-3-16-39-21/h3,5-7,16-17,28H,4,8-15H2,1-2H3,(H,30,34). The van der Waals surface area contributed by atoms with Crippen LogP contribution in [0, 0.1) is 0 Å². The molecule has 0 radical (unpaired) electrons. The average molecular weight is 569 g/mol. The molecule has 206 valence electrons. The predicted octanol–water partition coefficient (Wildman–Crippen LogP) is 1.94. The summed E-state index contributed by atoms with van der Waals surface area (Å²) in [6.07, 6.45) is 3.45. The number of rotatable bonds is 5. The number of hydrogen-bond donors (Lipinski definition) is 2. The minimum atomic E-state index is -1.05. The van der Waals surface area contributed by atoms with Gasteiger partial charge in [-0.25, -0.2) is 4.98 Å². The molecule has 2 saturated heterocycles. The highest BCUT2D eigenvalue weighted by molar-refractivity contribution is 7.98. The van der Waals surface area contributed by atoms with Gasteiger partial charge in [0.25, 0.3) is 17.4 Å². The van der Waals surface area contributed by atoms with Crippen molar-refractivity contribution in [2.24, 2.45) is 7.05 Å². The second-order valence-corrected chi connectivity index (χ2v) is 11.6. The van der Waals surface area contributed by atoms with Crippen molar-refractivity contribution < 1.29 is 14.4 Å². The van der Waals surface area contributed by atoms with E-state index in [-0.39, 0.29) is 23.3 Å². The van der Waals surface area contributed by atoms with E-state index in [2.05, 4.69) is 15.6 Å². The number of piperidine rings is 1. The summed E-state index contributed by atoms with van der Waals surface area (Å²) in [7, 11) is 1.67. The van der Waals surface area contributed by atoms with E-state index in [1.807, 2.05) is 28.7 Å². The van der Waals surface area contributed by atoms with Crippen LogP contribution in [0.5, 0.6) is 0 Å². The van der Waals surface area contributed by atoms with Crippen molar-refractivity contribution in [3.05, 3.63) is 56.5 Å². The number of thioether (sulfide) groups is 1. The zero-order valence-corrected chi connectivity index (χ0v) is 23.7. The molecule has 0 aliphatic carbocycles. The number of amides is 3. The Labute approximate surface area is 234 Å². The SMILES string of the molecule is CSc1nc2cc(C(=O)NC3(C(=O)N4CCCN(C(=O)c5cccs5)CC4)CCNCC3)ccc2c(=O)n1C. The Morgan fingerprint density at radius 2 is 1.82 bits per heavy atom. The summed E-state index contributed by atoms with van der Waals surface area (Å²) in [6, 6.07) is 8.53. The smallest absolute Gasteiger partial charge is 0.263 e. The van der Waals surface area contributed by atoms with Gasteiger partial charge in [-0.1, -0.05) is 17.8 Å². The van der Waals surface area contributed by atoms with E-state index in [1.165, 1.54) is 27.7 Å². The van der Waals surface area contributed by atoms with Crippen LogP contribution >= 0.6 is 23.1 Å². The normalized spacial score (nSPS) is 17.6. The lowest BCUT2D eigenvalue weighted by Gasteiger charge is -2.40. The number of benzene rings is 1. The Balaban J connectivity index is 1.35. The summed E-state index contributed by atoms with van der Waals surface area (Å²) in [6.45, 7) is 3.20. The summed E-state index contributed by atoms with van der Waals surface area (Å²) in [5.41, 5.74) is -0.419. The maximum atomic E-state index is 14.0. The molecule has 0 unspecified atom stereocenters. The molecule has 0 spiro atoms. The number of hydrogen-bond acceptors (Lipinski definition) is 8. The predicted molar refractivity (Wildman–Crippen MR) is 152 cm³/mol. The number of carbonyl (C=O) groups excluding carboxylic acids is 3. The van der Waals surface area contributed by atoms with Gasteiger partial charge in [-0.2, -0.15) is 0 Å². The lowest BCUT2D eigenvalue weighted by molar-refractivity contribution is -0.139. The van der Waals surface area contributed by atoms with Crippen LogP contribution in [0.25, 0.3) is 10.9 Å². The van der Waals surface area contributed by atoms with E-state index in [0.29, 0.717) is 85.0 Å². The van der Waals surface area contributed by atoms with E-state index in [9.17, 15) is 19.2 Å². The van der Waals surface area contributed by atoms with Crippen molar-refractivity contribution >= 4 is 51.7 Å². The number of nitrogens with one attached hydrogen (secondary N) is 2. The van der Waals surface area contributed by atoms with E-state index in [0.717, 1.165) is 0 Å². The molecule has 0 bridgehead atoms. The van der Waals surface area contributed by atoms with Crippen LogP contribution in [0.2, 0.25) is 0 Å². The third-order valence-corrected chi connectivity index (χ3v) is 9.09. The number of fused-ring (bicyclic) bond motifs is 1. The molecule has 39 heavy (non-hydrogen) atoms. The van der Waals surface area contributed by atoms with E-state index >= 15 is 0 Å². The quantitative estimate of drug-likeness (QED) is 0.357. The van der Waals surface area contributed by atoms with Crippen LogP contribution in [-0.2, 0) is 11.8 Å². The van der Waals surface area contributed by atoms with E-state index < -0.39 is 5.54 Å². The van der Waals surface area contributed by atoms with Gasteiger partial charge in [-0.05, 0) is 68.3 Å². The molecule has 2 fully saturated rings. The van der Waals surface area contributed by atoms with Gasteiger partial charge in [-0.15, -0.1) is 11.3 Å². The maximum absolute atomic E-state index is 14.0. The first-order valence-corrected chi connectivity index (χ1v) is 15.1. The van der Waals surface area contributed by atoms with Gasteiger partial charge in [0.1, 0.15) is 5.54 Å². The molecule has 2 N–H and O–H groups in total. The van der Waals surface area contributed by atoms with Gasteiger partial charge in [0, 0.05) is 38.8 Å². The molecule has 2 aliphatic rings. The molecule has 2 aromatic heterocycles. The van der Waals surface area contributed by atoms with Crippen LogP contribution < -0.4 is 16.2 Å². The molecule has 3 amide bonds. The zero-order chi connectivity index (χ0) is 27.6. The van der Waals surface area contributed by atoms with E-state index in [1.54, 1.807) is 30.1 Å². The summed E-state index contributed by atoms with van der Waals surface area (Å²) in [4.78, 5) is 62.0. The topological polar surface area (TPSA) is 117 Å². The highest BCUT2D eigenvalue weighted by Crippen LogP contribution is 2.25. The lowest BCUT2D eigenvalue weighted by Crippen LogP contribution is -2.63. The van der Waals surface area contributed by atoms with Crippen molar-refractivity contribution in [1.29, 1.82) is 0 Å². The van der Waals surface area contributed by atoms with Crippen LogP contribution in [0.3, 0.4) is 0 Å². The molecule has 12 heteroatoms. The molecular weight excluding hydrogens is 536 g/mol. The summed E-state index contributed by atoms with van der Waals surface area (Å²) in [5.74, 6) is -0.488. The fourth-order valence-electron chi connectivity index (χ4n) is 5.29. The fourth-order valence-corrected chi connectivity index (χ4v) is 6.53. The molecule has 0 saturated carbocycles. The highest BCUT2D eigenvalue weighted by atomic mass is 32.2. The van der Waals surface area contributed by atoms with Gasteiger partial charge < -0.3 is 20.4 Å². The van der Waals surface area contributed by atoms with Crippen LogP contribution in [0.1, 0.15) is 39.3 Å². The average Bonchev–Trinajstić information content (AvgIpc) is 3.39. The number of aromatic nitrogens is 2. The Morgan fingerprint density at radius 3 is 2.54 bits per heavy atom. The third kappa shape index (κ3) is 5.45. The molecular formula is C27H32N6O4S2. The summed E-state index contributed by atoms with van der Waals surface area (Å²) in [5, 5.41) is 9.24. The second kappa shape index (κ2) is 11.5. The van der Waals surface area contributed by atoms with Crippen molar-refractivity contribution in [2.75, 3.05) is 45.5 Å². The molecule has 0 atom stereocenters. The van der Waals surface area contributed by atoms with Gasteiger partial charge in [0.05, 0.1) is 15.8 Å². The van der Waals surface area contributed by atoms with Crippen molar-refractivity contribution in [3.63, 3.8) is 0 Å². The van der Waals surface area contributed by atoms with Gasteiger partial charge in [0.15, 0.2) is 5.16 Å². The fraction of sp³-hybridized carbons (Fsp3) is 0.444. The largest absolute Gasteiger partial charge is 0.339 e. The molecule has 2 aliphatic heterocycles. The first-order chi connectivity index (χ1) is 18.8. The highest BCUT2D eigenvalue weighted by Gasteiger charge is 2.44. The second-order valence-electron chi connectivity index (χ2n) is 9.90. The number of thiophene rings is 1. The molecule has 1 aromatic carbocycles.